The van der Waals surface area contributed by atoms with E-state index in [-0.39, 0.29) is 11.4 Å². The molecule has 1 rings (SSSR count). The fourth-order valence-electron chi connectivity index (χ4n) is 1.02. The van der Waals surface area contributed by atoms with Gasteiger partial charge in [-0.25, -0.2) is 13.1 Å². The van der Waals surface area contributed by atoms with Gasteiger partial charge in [-0.05, 0) is 31.2 Å². The van der Waals surface area contributed by atoms with Crippen molar-refractivity contribution in [3.63, 3.8) is 0 Å². The van der Waals surface area contributed by atoms with Crippen molar-refractivity contribution in [3.05, 3.63) is 29.8 Å². The lowest BCUT2D eigenvalue weighted by atomic mass is 10.2. The van der Waals surface area contributed by atoms with E-state index in [0.29, 0.717) is 5.56 Å². The summed E-state index contributed by atoms with van der Waals surface area (Å²) < 4.78 is 25.5. The lowest BCUT2D eigenvalue weighted by Gasteiger charge is -2.08. The number of nitriles is 1. The van der Waals surface area contributed by atoms with Crippen LogP contribution in [0.4, 0.5) is 0 Å². The number of aliphatic hydroxyl groups is 1. The van der Waals surface area contributed by atoms with Gasteiger partial charge in [-0.1, -0.05) is 0 Å². The van der Waals surface area contributed by atoms with Gasteiger partial charge in [0.25, 0.3) is 0 Å². The molecule has 0 aliphatic carbocycles. The maximum atomic E-state index is 11.6. The summed E-state index contributed by atoms with van der Waals surface area (Å²) in [7, 11) is -3.60. The second-order valence-electron chi connectivity index (χ2n) is 3.34. The summed E-state index contributed by atoms with van der Waals surface area (Å²) in [6, 6.07) is 7.46. The Labute approximate surface area is 94.4 Å². The van der Waals surface area contributed by atoms with Gasteiger partial charge in [-0.15, -0.1) is 0 Å². The second kappa shape index (κ2) is 5.07. The predicted octanol–water partition coefficient (Wildman–Crippen LogP) is 0.217. The molecule has 0 amide bonds. The Hall–Kier alpha value is -1.42. The maximum absolute atomic E-state index is 11.6. The molecule has 1 aromatic carbocycles. The molecule has 0 fully saturated rings. The summed E-state index contributed by atoms with van der Waals surface area (Å²) in [5.74, 6) is 0. The van der Waals surface area contributed by atoms with Crippen LogP contribution in [-0.2, 0) is 10.0 Å². The minimum absolute atomic E-state index is 0.0394. The topological polar surface area (TPSA) is 90.2 Å². The van der Waals surface area contributed by atoms with E-state index in [1.165, 1.54) is 31.2 Å². The minimum Gasteiger partial charge on any atom is -0.392 e. The third-order valence-corrected chi connectivity index (χ3v) is 3.30. The number of hydrogen-bond acceptors (Lipinski definition) is 4. The van der Waals surface area contributed by atoms with Crippen LogP contribution in [0.1, 0.15) is 12.5 Å². The number of nitrogens with one attached hydrogen (secondary N) is 1. The number of benzene rings is 1. The van der Waals surface area contributed by atoms with Crippen LogP contribution < -0.4 is 4.72 Å². The number of rotatable bonds is 4. The normalized spacial score (nSPS) is 13.1. The lowest BCUT2D eigenvalue weighted by Crippen LogP contribution is -2.30. The zero-order valence-corrected chi connectivity index (χ0v) is 9.53. The molecule has 0 bridgehead atoms. The average molecular weight is 240 g/mol. The first-order chi connectivity index (χ1) is 7.45. The van der Waals surface area contributed by atoms with Crippen LogP contribution in [0.3, 0.4) is 0 Å². The summed E-state index contributed by atoms with van der Waals surface area (Å²) in [6.07, 6.45) is -0.742. The number of sulfonamides is 1. The Morgan fingerprint density at radius 1 is 1.44 bits per heavy atom. The van der Waals surface area contributed by atoms with Crippen molar-refractivity contribution >= 4 is 10.0 Å². The number of aliphatic hydroxyl groups excluding tert-OH is 1. The number of nitrogens with zero attached hydrogens (tertiary/aromatic N) is 1. The molecule has 0 heterocycles. The van der Waals surface area contributed by atoms with Crippen LogP contribution in [0.2, 0.25) is 0 Å². The molecule has 0 aliphatic rings. The molecule has 1 unspecified atom stereocenters. The summed E-state index contributed by atoms with van der Waals surface area (Å²) in [5.41, 5.74) is 0.398. The first-order valence-corrected chi connectivity index (χ1v) is 6.12. The van der Waals surface area contributed by atoms with Crippen LogP contribution in [-0.4, -0.2) is 26.2 Å². The van der Waals surface area contributed by atoms with Crippen LogP contribution in [0.15, 0.2) is 29.2 Å². The SMILES string of the molecule is CC(O)CNS(=O)(=O)c1ccc(C#N)cc1. The van der Waals surface area contributed by atoms with Gasteiger partial charge in [-0.3, -0.25) is 0 Å². The highest BCUT2D eigenvalue weighted by Crippen LogP contribution is 2.09. The smallest absolute Gasteiger partial charge is 0.240 e. The Bertz CT molecular complexity index is 486. The Morgan fingerprint density at radius 3 is 2.44 bits per heavy atom. The van der Waals surface area contributed by atoms with Crippen molar-refractivity contribution in [1.82, 2.24) is 4.72 Å². The molecule has 16 heavy (non-hydrogen) atoms. The third-order valence-electron chi connectivity index (χ3n) is 1.86. The molecular formula is C10H12N2O3S. The predicted molar refractivity (Wildman–Crippen MR) is 58.0 cm³/mol. The highest BCUT2D eigenvalue weighted by Gasteiger charge is 2.13. The van der Waals surface area contributed by atoms with E-state index in [0.717, 1.165) is 0 Å². The minimum atomic E-state index is -3.60. The molecule has 0 spiro atoms. The van der Waals surface area contributed by atoms with E-state index in [1.54, 1.807) is 0 Å². The van der Waals surface area contributed by atoms with Crippen LogP contribution in [0.5, 0.6) is 0 Å². The molecule has 2 N–H and O–H groups in total. The summed E-state index contributed by atoms with van der Waals surface area (Å²) in [5, 5.41) is 17.5. The van der Waals surface area contributed by atoms with Crippen molar-refractivity contribution < 1.29 is 13.5 Å². The van der Waals surface area contributed by atoms with Gasteiger partial charge in [0.15, 0.2) is 0 Å². The Morgan fingerprint density at radius 2 is 2.00 bits per heavy atom. The molecule has 0 radical (unpaired) electrons. The van der Waals surface area contributed by atoms with E-state index in [4.69, 9.17) is 10.4 Å². The fourth-order valence-corrected chi connectivity index (χ4v) is 2.14. The molecule has 86 valence electrons. The highest BCUT2D eigenvalue weighted by atomic mass is 32.2. The molecule has 0 aromatic heterocycles. The molecule has 0 saturated carbocycles. The molecular weight excluding hydrogens is 228 g/mol. The van der Waals surface area contributed by atoms with Crippen molar-refractivity contribution in [2.75, 3.05) is 6.54 Å². The molecule has 5 nitrogen and oxygen atoms in total. The molecule has 0 aliphatic heterocycles. The lowest BCUT2D eigenvalue weighted by molar-refractivity contribution is 0.198. The Balaban J connectivity index is 2.87. The second-order valence-corrected chi connectivity index (χ2v) is 5.10. The van der Waals surface area contributed by atoms with E-state index >= 15 is 0 Å². The van der Waals surface area contributed by atoms with Gasteiger partial charge in [0.1, 0.15) is 0 Å². The quantitative estimate of drug-likeness (QED) is 0.787. The highest BCUT2D eigenvalue weighted by molar-refractivity contribution is 7.89. The van der Waals surface area contributed by atoms with E-state index in [9.17, 15) is 8.42 Å². The molecule has 1 atom stereocenters. The van der Waals surface area contributed by atoms with Gasteiger partial charge < -0.3 is 5.11 Å². The van der Waals surface area contributed by atoms with Crippen LogP contribution in [0, 0.1) is 11.3 Å². The maximum Gasteiger partial charge on any atom is 0.240 e. The molecule has 0 saturated heterocycles. The van der Waals surface area contributed by atoms with E-state index in [2.05, 4.69) is 4.72 Å². The van der Waals surface area contributed by atoms with Crippen molar-refractivity contribution in [2.45, 2.75) is 17.9 Å². The van der Waals surface area contributed by atoms with Crippen molar-refractivity contribution in [3.8, 4) is 6.07 Å². The zero-order valence-electron chi connectivity index (χ0n) is 8.71. The molecule has 1 aromatic rings. The van der Waals surface area contributed by atoms with E-state index < -0.39 is 16.1 Å². The average Bonchev–Trinajstić information content (AvgIpc) is 2.27. The summed E-state index contributed by atoms with van der Waals surface area (Å²) >= 11 is 0. The Kier molecular flexibility index (Phi) is 4.01. The van der Waals surface area contributed by atoms with Crippen LogP contribution >= 0.6 is 0 Å². The summed E-state index contributed by atoms with van der Waals surface area (Å²) in [6.45, 7) is 1.45. The number of hydrogen-bond donors (Lipinski definition) is 2. The van der Waals surface area contributed by atoms with Gasteiger partial charge in [-0.2, -0.15) is 5.26 Å². The van der Waals surface area contributed by atoms with E-state index in [1.807, 2.05) is 6.07 Å². The van der Waals surface area contributed by atoms with Gasteiger partial charge in [0, 0.05) is 6.54 Å². The zero-order chi connectivity index (χ0) is 12.2. The van der Waals surface area contributed by atoms with Crippen molar-refractivity contribution in [1.29, 1.82) is 5.26 Å². The van der Waals surface area contributed by atoms with Gasteiger partial charge >= 0.3 is 0 Å². The monoisotopic (exact) mass is 240 g/mol. The molecule has 6 heteroatoms. The fraction of sp³-hybridized carbons (Fsp3) is 0.300. The summed E-state index contributed by atoms with van der Waals surface area (Å²) in [4.78, 5) is 0.0761. The first-order valence-electron chi connectivity index (χ1n) is 4.63. The first kappa shape index (κ1) is 12.6. The van der Waals surface area contributed by atoms with Gasteiger partial charge in [0.2, 0.25) is 10.0 Å². The third kappa shape index (κ3) is 3.31. The largest absolute Gasteiger partial charge is 0.392 e. The van der Waals surface area contributed by atoms with Crippen molar-refractivity contribution in [2.24, 2.45) is 0 Å². The standard InChI is InChI=1S/C10H12N2O3S/c1-8(13)7-12-16(14,15)10-4-2-9(6-11)3-5-10/h2-5,8,12-13H,7H2,1H3. The van der Waals surface area contributed by atoms with Crippen LogP contribution in [0.25, 0.3) is 0 Å². The van der Waals surface area contributed by atoms with Gasteiger partial charge in [0.05, 0.1) is 22.6 Å².